The minimum absolute atomic E-state index is 0.244. The molecule has 0 bridgehead atoms. The molecule has 0 radical (unpaired) electrons. The number of amides is 1. The van der Waals surface area contributed by atoms with Crippen molar-refractivity contribution in [3.8, 4) is 0 Å². The molecule has 0 spiro atoms. The Kier molecular flexibility index (Phi) is 8.89. The molecular formula is C16H32N2O. The molecule has 1 amide bonds. The predicted octanol–water partition coefficient (Wildman–Crippen LogP) is 3.20. The number of rotatable bonds is 10. The molecule has 1 aliphatic heterocycles. The average Bonchev–Trinajstić information content (AvgIpc) is 2.91. The molecule has 0 aromatic heterocycles. The second-order valence-electron chi connectivity index (χ2n) is 5.82. The molecule has 1 saturated heterocycles. The van der Waals surface area contributed by atoms with E-state index in [1.54, 1.807) is 0 Å². The van der Waals surface area contributed by atoms with E-state index in [9.17, 15) is 4.79 Å². The number of unbranched alkanes of at least 4 members (excludes halogenated alkanes) is 1. The molecule has 0 aromatic carbocycles. The number of carbonyl (C=O) groups excluding carboxylic acids is 1. The van der Waals surface area contributed by atoms with E-state index in [1.807, 2.05) is 0 Å². The quantitative estimate of drug-likeness (QED) is 0.617. The Morgan fingerprint density at radius 3 is 2.32 bits per heavy atom. The molecule has 3 nitrogen and oxygen atoms in total. The molecule has 112 valence electrons. The Bertz CT molecular complexity index is 231. The Hall–Kier alpha value is -0.570. The van der Waals surface area contributed by atoms with Crippen molar-refractivity contribution in [2.24, 2.45) is 5.92 Å². The second-order valence-corrected chi connectivity index (χ2v) is 5.82. The zero-order valence-electron chi connectivity index (χ0n) is 12.9. The van der Waals surface area contributed by atoms with Crippen LogP contribution < -0.4 is 5.32 Å². The lowest BCUT2D eigenvalue weighted by Crippen LogP contribution is -2.32. The highest BCUT2D eigenvalue weighted by molar-refractivity contribution is 5.78. The van der Waals surface area contributed by atoms with Crippen molar-refractivity contribution in [3.63, 3.8) is 0 Å². The number of hydrogen-bond donors (Lipinski definition) is 1. The maximum absolute atomic E-state index is 12.0. The van der Waals surface area contributed by atoms with Crippen LogP contribution in [0, 0.1) is 5.92 Å². The van der Waals surface area contributed by atoms with Gasteiger partial charge in [-0.2, -0.15) is 0 Å². The van der Waals surface area contributed by atoms with Gasteiger partial charge in [0.1, 0.15) is 0 Å². The summed E-state index contributed by atoms with van der Waals surface area (Å²) in [7, 11) is 0. The van der Waals surface area contributed by atoms with Gasteiger partial charge < -0.3 is 10.2 Å². The molecule has 1 fully saturated rings. The summed E-state index contributed by atoms with van der Waals surface area (Å²) in [5.74, 6) is 0.526. The smallest absolute Gasteiger partial charge is 0.223 e. The Labute approximate surface area is 119 Å². The van der Waals surface area contributed by atoms with Gasteiger partial charge in [0.25, 0.3) is 0 Å². The van der Waals surface area contributed by atoms with Gasteiger partial charge in [0.05, 0.1) is 0 Å². The van der Waals surface area contributed by atoms with Gasteiger partial charge in [-0.25, -0.2) is 0 Å². The van der Waals surface area contributed by atoms with Crippen molar-refractivity contribution in [2.45, 2.75) is 65.2 Å². The summed E-state index contributed by atoms with van der Waals surface area (Å²) in [5, 5.41) is 3.12. The van der Waals surface area contributed by atoms with Crippen LogP contribution in [0.25, 0.3) is 0 Å². The lowest BCUT2D eigenvalue weighted by atomic mass is 9.97. The summed E-state index contributed by atoms with van der Waals surface area (Å²) in [4.78, 5) is 14.6. The summed E-state index contributed by atoms with van der Waals surface area (Å²) in [6, 6.07) is 0. The van der Waals surface area contributed by atoms with Crippen molar-refractivity contribution < 1.29 is 4.79 Å². The molecule has 1 N–H and O–H groups in total. The fourth-order valence-corrected chi connectivity index (χ4v) is 2.93. The van der Waals surface area contributed by atoms with Crippen molar-refractivity contribution in [2.75, 3.05) is 26.2 Å². The zero-order valence-corrected chi connectivity index (χ0v) is 12.9. The van der Waals surface area contributed by atoms with E-state index in [0.717, 1.165) is 38.6 Å². The Morgan fingerprint density at radius 2 is 1.74 bits per heavy atom. The first-order valence-electron chi connectivity index (χ1n) is 8.28. The van der Waals surface area contributed by atoms with E-state index < -0.39 is 0 Å². The summed E-state index contributed by atoms with van der Waals surface area (Å²) in [5.41, 5.74) is 0. The van der Waals surface area contributed by atoms with Gasteiger partial charge in [0.15, 0.2) is 0 Å². The van der Waals surface area contributed by atoms with Gasteiger partial charge in [-0.1, -0.05) is 26.7 Å². The fourth-order valence-electron chi connectivity index (χ4n) is 2.93. The Balaban J connectivity index is 2.04. The zero-order chi connectivity index (χ0) is 13.9. The van der Waals surface area contributed by atoms with Crippen LogP contribution in [0.4, 0.5) is 0 Å². The molecule has 0 atom stereocenters. The molecule has 0 saturated carbocycles. The van der Waals surface area contributed by atoms with E-state index >= 15 is 0 Å². The molecule has 1 aliphatic rings. The molecule has 1 rings (SSSR count). The average molecular weight is 268 g/mol. The van der Waals surface area contributed by atoms with Gasteiger partial charge in [0.2, 0.25) is 5.91 Å². The molecule has 1 heterocycles. The predicted molar refractivity (Wildman–Crippen MR) is 81.2 cm³/mol. The van der Waals surface area contributed by atoms with Crippen LogP contribution in [0.3, 0.4) is 0 Å². The van der Waals surface area contributed by atoms with E-state index in [-0.39, 0.29) is 11.8 Å². The van der Waals surface area contributed by atoms with Crippen molar-refractivity contribution >= 4 is 5.91 Å². The largest absolute Gasteiger partial charge is 0.356 e. The van der Waals surface area contributed by atoms with Crippen LogP contribution in [-0.2, 0) is 4.79 Å². The SMILES string of the molecule is CCCC(CCC)C(=O)NCCCCN1CCCC1. The lowest BCUT2D eigenvalue weighted by molar-refractivity contribution is -0.125. The van der Waals surface area contributed by atoms with E-state index in [0.29, 0.717) is 0 Å². The van der Waals surface area contributed by atoms with Crippen molar-refractivity contribution in [1.29, 1.82) is 0 Å². The van der Waals surface area contributed by atoms with Gasteiger partial charge in [0, 0.05) is 12.5 Å². The number of carbonyl (C=O) groups is 1. The summed E-state index contributed by atoms with van der Waals surface area (Å²) >= 11 is 0. The molecule has 0 unspecified atom stereocenters. The van der Waals surface area contributed by atoms with Crippen LogP contribution in [0.2, 0.25) is 0 Å². The first-order valence-corrected chi connectivity index (χ1v) is 8.28. The molecule has 19 heavy (non-hydrogen) atoms. The number of nitrogens with one attached hydrogen (secondary N) is 1. The summed E-state index contributed by atoms with van der Waals surface area (Å²) in [6.07, 6.45) is 9.35. The third-order valence-corrected chi connectivity index (χ3v) is 4.04. The maximum Gasteiger partial charge on any atom is 0.223 e. The van der Waals surface area contributed by atoms with E-state index in [1.165, 1.54) is 38.9 Å². The van der Waals surface area contributed by atoms with E-state index in [2.05, 4.69) is 24.1 Å². The third-order valence-electron chi connectivity index (χ3n) is 4.04. The third kappa shape index (κ3) is 6.95. The number of likely N-dealkylation sites (tertiary alicyclic amines) is 1. The summed E-state index contributed by atoms with van der Waals surface area (Å²) in [6.45, 7) is 8.95. The number of nitrogens with zero attached hydrogens (tertiary/aromatic N) is 1. The minimum Gasteiger partial charge on any atom is -0.356 e. The van der Waals surface area contributed by atoms with Gasteiger partial charge in [-0.15, -0.1) is 0 Å². The van der Waals surface area contributed by atoms with Crippen LogP contribution in [-0.4, -0.2) is 37.0 Å². The highest BCUT2D eigenvalue weighted by Crippen LogP contribution is 2.13. The highest BCUT2D eigenvalue weighted by Gasteiger charge is 2.15. The first-order chi connectivity index (χ1) is 9.27. The highest BCUT2D eigenvalue weighted by atomic mass is 16.1. The lowest BCUT2D eigenvalue weighted by Gasteiger charge is -2.16. The van der Waals surface area contributed by atoms with Crippen molar-refractivity contribution in [1.82, 2.24) is 10.2 Å². The van der Waals surface area contributed by atoms with Gasteiger partial charge in [-0.3, -0.25) is 4.79 Å². The molecule has 0 aliphatic carbocycles. The second kappa shape index (κ2) is 10.2. The van der Waals surface area contributed by atoms with Gasteiger partial charge >= 0.3 is 0 Å². The van der Waals surface area contributed by atoms with Crippen LogP contribution in [0.15, 0.2) is 0 Å². The molecule has 3 heteroatoms. The monoisotopic (exact) mass is 268 g/mol. The number of hydrogen-bond acceptors (Lipinski definition) is 2. The fraction of sp³-hybridized carbons (Fsp3) is 0.938. The van der Waals surface area contributed by atoms with E-state index in [4.69, 9.17) is 0 Å². The maximum atomic E-state index is 12.0. The standard InChI is InChI=1S/C16H32N2O/c1-3-9-15(10-4-2)16(19)17-11-5-6-12-18-13-7-8-14-18/h15H,3-14H2,1-2H3,(H,17,19). The van der Waals surface area contributed by atoms with Crippen LogP contribution in [0.1, 0.15) is 65.2 Å². The topological polar surface area (TPSA) is 32.3 Å². The molecule has 0 aromatic rings. The van der Waals surface area contributed by atoms with Crippen LogP contribution >= 0.6 is 0 Å². The normalized spacial score (nSPS) is 16.2. The molecular weight excluding hydrogens is 236 g/mol. The van der Waals surface area contributed by atoms with Crippen LogP contribution in [0.5, 0.6) is 0 Å². The van der Waals surface area contributed by atoms with Gasteiger partial charge in [-0.05, 0) is 58.2 Å². The summed E-state index contributed by atoms with van der Waals surface area (Å²) < 4.78 is 0. The Morgan fingerprint density at radius 1 is 1.11 bits per heavy atom. The minimum atomic E-state index is 0.244. The first kappa shape index (κ1) is 16.5. The van der Waals surface area contributed by atoms with Crippen molar-refractivity contribution in [3.05, 3.63) is 0 Å².